The molecule has 0 aliphatic rings. The summed E-state index contributed by atoms with van der Waals surface area (Å²) in [6.07, 6.45) is 0. The van der Waals surface area contributed by atoms with E-state index in [0.717, 1.165) is 22.7 Å². The predicted molar refractivity (Wildman–Crippen MR) is 91.1 cm³/mol. The maximum atomic E-state index is 6.08. The molecule has 0 aromatic heterocycles. The minimum Gasteiger partial charge on any atom is -0.496 e. The Balaban J connectivity index is 2.24. The first-order valence-corrected chi connectivity index (χ1v) is 7.30. The quantitative estimate of drug-likeness (QED) is 0.864. The number of rotatable bonds is 5. The van der Waals surface area contributed by atoms with Crippen molar-refractivity contribution in [2.75, 3.05) is 31.4 Å². The number of benzene rings is 2. The zero-order valence-corrected chi connectivity index (χ0v) is 13.8. The molecule has 0 atom stereocenters. The molecule has 112 valence electrons. The highest BCUT2D eigenvalue weighted by Gasteiger charge is 2.08. The smallest absolute Gasteiger partial charge is 0.123 e. The average Bonchev–Trinajstić information content (AvgIpc) is 2.45. The van der Waals surface area contributed by atoms with E-state index in [0.29, 0.717) is 16.6 Å². The first kappa shape index (κ1) is 15.8. The average molecular weight is 325 g/mol. The number of hydrogen-bond donors (Lipinski definition) is 1. The Labute approximate surface area is 135 Å². The molecule has 0 fully saturated rings. The zero-order valence-electron chi connectivity index (χ0n) is 12.3. The van der Waals surface area contributed by atoms with Crippen molar-refractivity contribution in [3.8, 4) is 5.75 Å². The van der Waals surface area contributed by atoms with E-state index in [1.165, 1.54) is 0 Å². The topological polar surface area (TPSA) is 24.5 Å². The van der Waals surface area contributed by atoms with Crippen molar-refractivity contribution in [3.63, 3.8) is 0 Å². The summed E-state index contributed by atoms with van der Waals surface area (Å²) in [4.78, 5) is 2.04. The van der Waals surface area contributed by atoms with Gasteiger partial charge >= 0.3 is 0 Å². The van der Waals surface area contributed by atoms with Gasteiger partial charge in [-0.3, -0.25) is 0 Å². The van der Waals surface area contributed by atoms with Crippen molar-refractivity contribution >= 4 is 34.6 Å². The number of anilines is 2. The summed E-state index contributed by atoms with van der Waals surface area (Å²) in [6, 6.07) is 11.3. The van der Waals surface area contributed by atoms with Gasteiger partial charge in [0, 0.05) is 36.2 Å². The molecule has 0 radical (unpaired) electrons. The van der Waals surface area contributed by atoms with Gasteiger partial charge < -0.3 is 15.0 Å². The summed E-state index contributed by atoms with van der Waals surface area (Å²) in [5.74, 6) is 0.806. The van der Waals surface area contributed by atoms with Crippen molar-refractivity contribution < 1.29 is 4.74 Å². The monoisotopic (exact) mass is 324 g/mol. The molecule has 21 heavy (non-hydrogen) atoms. The molecule has 0 saturated carbocycles. The number of ether oxygens (including phenoxy) is 1. The lowest BCUT2D eigenvalue weighted by atomic mass is 10.2. The van der Waals surface area contributed by atoms with Crippen LogP contribution in [0.2, 0.25) is 10.0 Å². The van der Waals surface area contributed by atoms with Gasteiger partial charge in [-0.05, 0) is 36.4 Å². The Morgan fingerprint density at radius 2 is 1.71 bits per heavy atom. The third kappa shape index (κ3) is 3.96. The molecule has 2 aromatic rings. The van der Waals surface area contributed by atoms with Crippen LogP contribution in [0, 0.1) is 0 Å². The second-order valence-corrected chi connectivity index (χ2v) is 5.74. The van der Waals surface area contributed by atoms with Crippen LogP contribution >= 0.6 is 23.2 Å². The zero-order chi connectivity index (χ0) is 15.4. The van der Waals surface area contributed by atoms with Gasteiger partial charge in [0.05, 0.1) is 18.5 Å². The van der Waals surface area contributed by atoms with Crippen LogP contribution in [0.3, 0.4) is 0 Å². The van der Waals surface area contributed by atoms with Crippen LogP contribution in [0.5, 0.6) is 5.75 Å². The summed E-state index contributed by atoms with van der Waals surface area (Å²) >= 11 is 12.1. The molecule has 1 N–H and O–H groups in total. The van der Waals surface area contributed by atoms with Gasteiger partial charge in [-0.1, -0.05) is 23.2 Å². The molecule has 0 spiro atoms. The fourth-order valence-corrected chi connectivity index (χ4v) is 2.48. The number of nitrogens with zero attached hydrogens (tertiary/aromatic N) is 1. The summed E-state index contributed by atoms with van der Waals surface area (Å²) < 4.78 is 5.36. The fourth-order valence-electron chi connectivity index (χ4n) is 2.12. The Morgan fingerprint density at radius 3 is 2.38 bits per heavy atom. The van der Waals surface area contributed by atoms with E-state index in [2.05, 4.69) is 5.32 Å². The van der Waals surface area contributed by atoms with E-state index in [9.17, 15) is 0 Å². The lowest BCUT2D eigenvalue weighted by Crippen LogP contribution is -2.12. The van der Waals surface area contributed by atoms with Gasteiger partial charge in [0.25, 0.3) is 0 Å². The largest absolute Gasteiger partial charge is 0.496 e. The van der Waals surface area contributed by atoms with Crippen molar-refractivity contribution in [1.29, 1.82) is 0 Å². The van der Waals surface area contributed by atoms with E-state index in [1.807, 2.05) is 55.4 Å². The molecule has 0 aliphatic heterocycles. The lowest BCUT2D eigenvalue weighted by Gasteiger charge is -2.19. The van der Waals surface area contributed by atoms with Gasteiger partial charge in [-0.15, -0.1) is 0 Å². The first-order valence-electron chi connectivity index (χ1n) is 6.54. The van der Waals surface area contributed by atoms with E-state index in [-0.39, 0.29) is 0 Å². The molecule has 0 saturated heterocycles. The molecular formula is C16H18Cl2N2O. The van der Waals surface area contributed by atoms with Crippen LogP contribution < -0.4 is 15.0 Å². The van der Waals surface area contributed by atoms with Crippen LogP contribution in [-0.2, 0) is 6.54 Å². The van der Waals surface area contributed by atoms with Crippen molar-refractivity contribution in [1.82, 2.24) is 0 Å². The molecular weight excluding hydrogens is 307 g/mol. The Morgan fingerprint density at radius 1 is 1.05 bits per heavy atom. The SMILES string of the molecule is COc1ccc(Cl)cc1CNc1cc(Cl)ccc1N(C)C. The Bertz CT molecular complexity index is 630. The summed E-state index contributed by atoms with van der Waals surface area (Å²) in [5, 5.41) is 4.77. The van der Waals surface area contributed by atoms with Crippen LogP contribution in [0.25, 0.3) is 0 Å². The summed E-state index contributed by atoms with van der Waals surface area (Å²) in [7, 11) is 5.64. The van der Waals surface area contributed by atoms with Gasteiger partial charge in [0.1, 0.15) is 5.75 Å². The maximum absolute atomic E-state index is 6.08. The van der Waals surface area contributed by atoms with Crippen molar-refractivity contribution in [3.05, 3.63) is 52.0 Å². The fraction of sp³-hybridized carbons (Fsp3) is 0.250. The van der Waals surface area contributed by atoms with E-state index in [1.54, 1.807) is 7.11 Å². The third-order valence-electron chi connectivity index (χ3n) is 3.15. The standard InChI is InChI=1S/C16H18Cl2N2O/c1-20(2)15-6-4-13(18)9-14(15)19-10-11-8-12(17)5-7-16(11)21-3/h4-9,19H,10H2,1-3H3. The predicted octanol–water partition coefficient (Wildman–Crippen LogP) is 4.68. The van der Waals surface area contributed by atoms with E-state index >= 15 is 0 Å². The first-order chi connectivity index (χ1) is 10.0. The van der Waals surface area contributed by atoms with Gasteiger partial charge in [-0.25, -0.2) is 0 Å². The number of methoxy groups -OCH3 is 1. The molecule has 0 aliphatic carbocycles. The van der Waals surface area contributed by atoms with Crippen LogP contribution in [0.1, 0.15) is 5.56 Å². The van der Waals surface area contributed by atoms with Crippen LogP contribution in [0.4, 0.5) is 11.4 Å². The van der Waals surface area contributed by atoms with Crippen LogP contribution in [0.15, 0.2) is 36.4 Å². The molecule has 0 unspecified atom stereocenters. The maximum Gasteiger partial charge on any atom is 0.123 e. The molecule has 0 heterocycles. The second-order valence-electron chi connectivity index (χ2n) is 4.87. The summed E-state index contributed by atoms with van der Waals surface area (Å²) in [5.41, 5.74) is 3.03. The highest BCUT2D eigenvalue weighted by atomic mass is 35.5. The van der Waals surface area contributed by atoms with E-state index in [4.69, 9.17) is 27.9 Å². The normalized spacial score (nSPS) is 10.3. The molecule has 0 amide bonds. The van der Waals surface area contributed by atoms with Crippen molar-refractivity contribution in [2.24, 2.45) is 0 Å². The second kappa shape index (κ2) is 6.92. The van der Waals surface area contributed by atoms with Gasteiger partial charge in [0.2, 0.25) is 0 Å². The van der Waals surface area contributed by atoms with Crippen LogP contribution in [-0.4, -0.2) is 21.2 Å². The highest BCUT2D eigenvalue weighted by molar-refractivity contribution is 6.31. The molecule has 3 nitrogen and oxygen atoms in total. The van der Waals surface area contributed by atoms with Gasteiger partial charge in [0.15, 0.2) is 0 Å². The molecule has 0 bridgehead atoms. The summed E-state index contributed by atoms with van der Waals surface area (Å²) in [6.45, 7) is 0.602. The minimum atomic E-state index is 0.602. The molecule has 5 heteroatoms. The lowest BCUT2D eigenvalue weighted by molar-refractivity contribution is 0.410. The number of nitrogens with one attached hydrogen (secondary N) is 1. The molecule has 2 rings (SSSR count). The minimum absolute atomic E-state index is 0.602. The van der Waals surface area contributed by atoms with E-state index < -0.39 is 0 Å². The number of hydrogen-bond acceptors (Lipinski definition) is 3. The Hall–Kier alpha value is -1.58. The number of halogens is 2. The van der Waals surface area contributed by atoms with Crippen molar-refractivity contribution in [2.45, 2.75) is 6.54 Å². The Kier molecular flexibility index (Phi) is 5.21. The van der Waals surface area contributed by atoms with Gasteiger partial charge in [-0.2, -0.15) is 0 Å². The highest BCUT2D eigenvalue weighted by Crippen LogP contribution is 2.30. The molecule has 2 aromatic carbocycles. The third-order valence-corrected chi connectivity index (χ3v) is 3.62.